The number of amides is 2. The van der Waals surface area contributed by atoms with Gasteiger partial charge in [0.1, 0.15) is 5.76 Å². The molecule has 4 rings (SSSR count). The maximum absolute atomic E-state index is 13.0. The van der Waals surface area contributed by atoms with Crippen LogP contribution in [0.3, 0.4) is 0 Å². The Kier molecular flexibility index (Phi) is 7.25. The molecule has 2 aliphatic rings. The molecule has 7 nitrogen and oxygen atoms in total. The van der Waals surface area contributed by atoms with Gasteiger partial charge in [-0.2, -0.15) is 0 Å². The van der Waals surface area contributed by atoms with E-state index in [1.807, 2.05) is 6.07 Å². The molecule has 1 spiro atoms. The van der Waals surface area contributed by atoms with Crippen molar-refractivity contribution in [2.24, 2.45) is 0 Å². The Balaban J connectivity index is 1.55. The van der Waals surface area contributed by atoms with Crippen molar-refractivity contribution in [3.05, 3.63) is 53.4 Å². The summed E-state index contributed by atoms with van der Waals surface area (Å²) >= 11 is 0. The Bertz CT molecular complexity index is 905. The number of carbonyl (C=O) groups is 2. The molecule has 32 heavy (non-hydrogen) atoms. The van der Waals surface area contributed by atoms with Gasteiger partial charge in [0.15, 0.2) is 5.69 Å². The van der Waals surface area contributed by atoms with Crippen molar-refractivity contribution in [3.63, 3.8) is 0 Å². The molecule has 0 unspecified atom stereocenters. The van der Waals surface area contributed by atoms with Gasteiger partial charge in [0.05, 0.1) is 0 Å². The monoisotopic (exact) mass is 438 g/mol. The highest BCUT2D eigenvalue weighted by molar-refractivity contribution is 5.92. The first-order valence-corrected chi connectivity index (χ1v) is 11.8. The van der Waals surface area contributed by atoms with Crippen molar-refractivity contribution >= 4 is 11.8 Å². The zero-order valence-electron chi connectivity index (χ0n) is 19.0. The van der Waals surface area contributed by atoms with Crippen LogP contribution in [0.15, 0.2) is 40.9 Å². The second-order valence-electron chi connectivity index (χ2n) is 9.19. The topological polar surface area (TPSA) is 78.7 Å². The fourth-order valence-electron chi connectivity index (χ4n) is 5.19. The lowest BCUT2D eigenvalue weighted by atomic mass is 9.77. The third-order valence-corrected chi connectivity index (χ3v) is 6.86. The SMILES string of the molecule is Cc1cc(C(=O)N2CCCN(Cc3ccccc3)C3(CCCCC3)CC(=O)NCC2)no1. The fourth-order valence-corrected chi connectivity index (χ4v) is 5.19. The minimum absolute atomic E-state index is 0.0801. The number of rotatable bonds is 3. The van der Waals surface area contributed by atoms with Crippen molar-refractivity contribution in [3.8, 4) is 0 Å². The first kappa shape index (κ1) is 22.5. The lowest BCUT2D eigenvalue weighted by Crippen LogP contribution is -2.52. The molecular weight excluding hydrogens is 404 g/mol. The molecule has 2 heterocycles. The quantitative estimate of drug-likeness (QED) is 0.793. The van der Waals surface area contributed by atoms with Gasteiger partial charge in [-0.25, -0.2) is 0 Å². The van der Waals surface area contributed by atoms with Crippen LogP contribution < -0.4 is 5.32 Å². The summed E-state index contributed by atoms with van der Waals surface area (Å²) in [6.07, 6.45) is 7.04. The third kappa shape index (κ3) is 5.38. The first-order valence-electron chi connectivity index (χ1n) is 11.8. The van der Waals surface area contributed by atoms with Crippen LogP contribution in [0, 0.1) is 6.92 Å². The van der Waals surface area contributed by atoms with Gasteiger partial charge in [0.2, 0.25) is 5.91 Å². The summed E-state index contributed by atoms with van der Waals surface area (Å²) in [5, 5.41) is 6.97. The van der Waals surface area contributed by atoms with Crippen molar-refractivity contribution in [1.29, 1.82) is 0 Å². The Hall–Kier alpha value is -2.67. The Morgan fingerprint density at radius 3 is 2.59 bits per heavy atom. The van der Waals surface area contributed by atoms with Crippen LogP contribution in [0.1, 0.15) is 66.8 Å². The van der Waals surface area contributed by atoms with Gasteiger partial charge in [0.25, 0.3) is 5.91 Å². The lowest BCUT2D eigenvalue weighted by Gasteiger charge is -2.46. The molecule has 1 aliphatic heterocycles. The summed E-state index contributed by atoms with van der Waals surface area (Å²) in [6, 6.07) is 12.2. The smallest absolute Gasteiger partial charge is 0.276 e. The minimum Gasteiger partial charge on any atom is -0.361 e. The molecular formula is C25H34N4O3. The minimum atomic E-state index is -0.141. The summed E-state index contributed by atoms with van der Waals surface area (Å²) in [7, 11) is 0. The van der Waals surface area contributed by atoms with Crippen LogP contribution in [-0.2, 0) is 11.3 Å². The molecule has 0 atom stereocenters. The zero-order chi connectivity index (χ0) is 22.4. The molecule has 1 aromatic heterocycles. The van der Waals surface area contributed by atoms with E-state index in [9.17, 15) is 9.59 Å². The predicted molar refractivity (Wildman–Crippen MR) is 122 cm³/mol. The summed E-state index contributed by atoms with van der Waals surface area (Å²) in [5.74, 6) is 0.557. The van der Waals surface area contributed by atoms with Crippen molar-refractivity contribution in [2.75, 3.05) is 26.2 Å². The van der Waals surface area contributed by atoms with Gasteiger partial charge in [0, 0.05) is 50.7 Å². The number of carbonyl (C=O) groups excluding carboxylic acids is 2. The zero-order valence-corrected chi connectivity index (χ0v) is 19.0. The van der Waals surface area contributed by atoms with E-state index in [1.54, 1.807) is 17.9 Å². The fraction of sp³-hybridized carbons (Fsp3) is 0.560. The average Bonchev–Trinajstić information content (AvgIpc) is 3.23. The van der Waals surface area contributed by atoms with E-state index in [2.05, 4.69) is 39.6 Å². The molecule has 172 valence electrons. The summed E-state index contributed by atoms with van der Waals surface area (Å²) in [6.45, 7) is 5.01. The molecule has 2 aromatic rings. The number of hydrogen-bond donors (Lipinski definition) is 1. The molecule has 1 saturated carbocycles. The van der Waals surface area contributed by atoms with E-state index in [0.29, 0.717) is 37.5 Å². The standard InChI is InChI=1S/C25H34N4O3/c1-20-17-22(27-32-20)24(31)28-14-8-15-29(19-21-9-4-2-5-10-21)25(11-6-3-7-12-25)18-23(30)26-13-16-28/h2,4-5,9-10,17H,3,6-8,11-16,18-19H2,1H3,(H,26,30). The number of benzene rings is 1. The Labute approximate surface area is 190 Å². The van der Waals surface area contributed by atoms with Gasteiger partial charge in [-0.1, -0.05) is 54.8 Å². The number of hydrogen-bond acceptors (Lipinski definition) is 5. The highest BCUT2D eigenvalue weighted by Gasteiger charge is 2.40. The van der Waals surface area contributed by atoms with Crippen LogP contribution in [0.2, 0.25) is 0 Å². The Morgan fingerprint density at radius 2 is 1.88 bits per heavy atom. The van der Waals surface area contributed by atoms with Crippen molar-refractivity contribution in [1.82, 2.24) is 20.3 Å². The molecule has 7 heteroatoms. The largest absolute Gasteiger partial charge is 0.361 e. The van der Waals surface area contributed by atoms with Crippen LogP contribution in [0.25, 0.3) is 0 Å². The first-order chi connectivity index (χ1) is 15.6. The average molecular weight is 439 g/mol. The molecule has 2 amide bonds. The highest BCUT2D eigenvalue weighted by atomic mass is 16.5. The number of nitrogens with one attached hydrogen (secondary N) is 1. The van der Waals surface area contributed by atoms with E-state index in [-0.39, 0.29) is 17.4 Å². The van der Waals surface area contributed by atoms with Gasteiger partial charge in [-0.05, 0) is 31.7 Å². The molecule has 1 aliphatic carbocycles. The van der Waals surface area contributed by atoms with E-state index in [0.717, 1.165) is 45.2 Å². The van der Waals surface area contributed by atoms with Crippen LogP contribution in [-0.4, -0.2) is 58.5 Å². The number of aryl methyl sites for hydroxylation is 1. The van der Waals surface area contributed by atoms with Gasteiger partial charge >= 0.3 is 0 Å². The van der Waals surface area contributed by atoms with Gasteiger partial charge in [-0.3, -0.25) is 14.5 Å². The summed E-state index contributed by atoms with van der Waals surface area (Å²) < 4.78 is 5.10. The van der Waals surface area contributed by atoms with Crippen molar-refractivity contribution < 1.29 is 14.1 Å². The van der Waals surface area contributed by atoms with Crippen molar-refractivity contribution in [2.45, 2.75) is 64.0 Å². The van der Waals surface area contributed by atoms with E-state index >= 15 is 0 Å². The summed E-state index contributed by atoms with van der Waals surface area (Å²) in [4.78, 5) is 30.3. The van der Waals surface area contributed by atoms with Crippen LogP contribution in [0.5, 0.6) is 0 Å². The lowest BCUT2D eigenvalue weighted by molar-refractivity contribution is -0.125. The van der Waals surface area contributed by atoms with E-state index in [1.165, 1.54) is 12.0 Å². The van der Waals surface area contributed by atoms with Crippen LogP contribution in [0.4, 0.5) is 0 Å². The molecule has 1 N–H and O–H groups in total. The number of aromatic nitrogens is 1. The predicted octanol–water partition coefficient (Wildman–Crippen LogP) is 3.54. The molecule has 2 fully saturated rings. The second kappa shape index (κ2) is 10.3. The molecule has 0 bridgehead atoms. The van der Waals surface area contributed by atoms with Gasteiger partial charge < -0.3 is 14.7 Å². The van der Waals surface area contributed by atoms with Crippen LogP contribution >= 0.6 is 0 Å². The maximum atomic E-state index is 13.0. The normalized spacial score (nSPS) is 20.5. The maximum Gasteiger partial charge on any atom is 0.276 e. The third-order valence-electron chi connectivity index (χ3n) is 6.86. The molecule has 1 saturated heterocycles. The Morgan fingerprint density at radius 1 is 1.09 bits per heavy atom. The second-order valence-corrected chi connectivity index (χ2v) is 9.19. The highest BCUT2D eigenvalue weighted by Crippen LogP contribution is 2.38. The van der Waals surface area contributed by atoms with E-state index in [4.69, 9.17) is 4.52 Å². The van der Waals surface area contributed by atoms with Gasteiger partial charge in [-0.15, -0.1) is 0 Å². The molecule has 0 radical (unpaired) electrons. The summed E-state index contributed by atoms with van der Waals surface area (Å²) in [5.41, 5.74) is 1.48. The van der Waals surface area contributed by atoms with E-state index < -0.39 is 0 Å². The number of nitrogens with zero attached hydrogens (tertiary/aromatic N) is 3. The molecule has 1 aromatic carbocycles.